The summed E-state index contributed by atoms with van der Waals surface area (Å²) in [5, 5.41) is 5.73. The van der Waals surface area contributed by atoms with Gasteiger partial charge in [-0.3, -0.25) is 0 Å². The number of rotatable bonds is 8. The van der Waals surface area contributed by atoms with E-state index in [0.717, 1.165) is 44.1 Å². The van der Waals surface area contributed by atoms with Crippen molar-refractivity contribution in [2.24, 2.45) is 0 Å². The Balaban J connectivity index is 1.51. The monoisotopic (exact) mass is 598 g/mol. The highest BCUT2D eigenvalue weighted by atomic mass is 127. The molecule has 0 aliphatic rings. The first-order valence-corrected chi connectivity index (χ1v) is 11.8. The standard InChI is InChI=1S/C24H22BrF2IN2O/c25-18-8-13-23(22(28)15-18)30-24(31)29-14-2-1-3-21(16-4-9-19(26)10-5-16)17-6-11-20(27)12-7-17/h4-13,15,21H,1-3,14H2,(H2,29,30,31). The molecule has 31 heavy (non-hydrogen) atoms. The number of hydrogen-bond donors (Lipinski definition) is 2. The minimum absolute atomic E-state index is 0.0411. The lowest BCUT2D eigenvalue weighted by Gasteiger charge is -2.18. The Morgan fingerprint density at radius 2 is 1.48 bits per heavy atom. The van der Waals surface area contributed by atoms with Crippen molar-refractivity contribution >= 4 is 50.2 Å². The molecule has 0 aromatic heterocycles. The van der Waals surface area contributed by atoms with Crippen LogP contribution >= 0.6 is 38.5 Å². The van der Waals surface area contributed by atoms with Gasteiger partial charge in [0.1, 0.15) is 11.6 Å². The zero-order valence-corrected chi connectivity index (χ0v) is 20.4. The minimum Gasteiger partial charge on any atom is -0.338 e. The third kappa shape index (κ3) is 7.28. The van der Waals surface area contributed by atoms with E-state index in [1.54, 1.807) is 24.3 Å². The van der Waals surface area contributed by atoms with Crippen molar-refractivity contribution in [1.82, 2.24) is 5.32 Å². The van der Waals surface area contributed by atoms with Gasteiger partial charge in [0.2, 0.25) is 0 Å². The van der Waals surface area contributed by atoms with Crippen molar-refractivity contribution in [3.63, 3.8) is 0 Å². The Morgan fingerprint density at radius 3 is 2.03 bits per heavy atom. The molecule has 0 bridgehead atoms. The van der Waals surface area contributed by atoms with Crippen LogP contribution in [0, 0.1) is 15.2 Å². The van der Waals surface area contributed by atoms with Crippen LogP contribution in [0.1, 0.15) is 36.3 Å². The number of carbonyl (C=O) groups excluding carboxylic acids is 1. The van der Waals surface area contributed by atoms with Crippen molar-refractivity contribution in [2.75, 3.05) is 11.9 Å². The zero-order chi connectivity index (χ0) is 22.2. The number of amides is 2. The molecule has 2 amide bonds. The molecular formula is C24H22BrF2IN2O. The van der Waals surface area contributed by atoms with Gasteiger partial charge in [-0.2, -0.15) is 0 Å². The van der Waals surface area contributed by atoms with Gasteiger partial charge in [0.15, 0.2) is 0 Å². The second kappa shape index (κ2) is 11.6. The Hall–Kier alpha value is -2.00. The largest absolute Gasteiger partial charge is 0.338 e. The molecule has 0 saturated heterocycles. The summed E-state index contributed by atoms with van der Waals surface area (Å²) in [6, 6.07) is 18.3. The summed E-state index contributed by atoms with van der Waals surface area (Å²) >= 11 is 5.58. The van der Waals surface area contributed by atoms with E-state index in [4.69, 9.17) is 0 Å². The molecule has 0 radical (unpaired) electrons. The van der Waals surface area contributed by atoms with Crippen LogP contribution in [0.3, 0.4) is 0 Å². The smallest absolute Gasteiger partial charge is 0.319 e. The van der Waals surface area contributed by atoms with Gasteiger partial charge < -0.3 is 10.6 Å². The quantitative estimate of drug-likeness (QED) is 0.205. The Morgan fingerprint density at radius 1 is 0.903 bits per heavy atom. The summed E-state index contributed by atoms with van der Waals surface area (Å²) in [5.74, 6) is -0.520. The van der Waals surface area contributed by atoms with Gasteiger partial charge in [0.25, 0.3) is 0 Å². The summed E-state index contributed by atoms with van der Waals surface area (Å²) in [4.78, 5) is 12.1. The number of hydrogen-bond acceptors (Lipinski definition) is 1. The summed E-state index contributed by atoms with van der Waals surface area (Å²) in [6.45, 7) is 0.540. The molecule has 0 saturated carbocycles. The normalized spacial score (nSPS) is 10.9. The Labute approximate surface area is 202 Å². The number of halogens is 4. The van der Waals surface area contributed by atoms with Gasteiger partial charge >= 0.3 is 6.03 Å². The van der Waals surface area contributed by atoms with E-state index in [1.165, 1.54) is 24.3 Å². The number of nitrogens with one attached hydrogen (secondary N) is 2. The fourth-order valence-corrected chi connectivity index (χ4v) is 4.79. The summed E-state index contributed by atoms with van der Waals surface area (Å²) in [7, 11) is 0. The van der Waals surface area contributed by atoms with Gasteiger partial charge in [-0.1, -0.05) is 46.6 Å². The van der Waals surface area contributed by atoms with Gasteiger partial charge in [-0.25, -0.2) is 13.6 Å². The summed E-state index contributed by atoms with van der Waals surface area (Å²) < 4.78 is 28.6. The van der Waals surface area contributed by atoms with Crippen LogP contribution in [-0.4, -0.2) is 12.6 Å². The van der Waals surface area contributed by atoms with E-state index < -0.39 is 0 Å². The number of anilines is 1. The SMILES string of the molecule is O=C(NCCCCC(c1ccc(F)cc1)c1ccc(F)cc1)Nc1ccc(Br)cc1I. The van der Waals surface area contributed by atoms with E-state index >= 15 is 0 Å². The molecule has 7 heteroatoms. The molecule has 162 valence electrons. The predicted molar refractivity (Wildman–Crippen MR) is 132 cm³/mol. The molecule has 0 atom stereocenters. The van der Waals surface area contributed by atoms with E-state index in [-0.39, 0.29) is 23.6 Å². The topological polar surface area (TPSA) is 41.1 Å². The second-order valence-corrected chi connectivity index (χ2v) is 9.23. The van der Waals surface area contributed by atoms with Crippen LogP contribution < -0.4 is 10.6 Å². The molecule has 0 heterocycles. The zero-order valence-electron chi connectivity index (χ0n) is 16.7. The maximum atomic E-state index is 13.3. The fourth-order valence-electron chi connectivity index (χ4n) is 3.35. The molecule has 0 aliphatic carbocycles. The third-order valence-corrected chi connectivity index (χ3v) is 6.31. The Bertz CT molecular complexity index is 968. The highest BCUT2D eigenvalue weighted by Gasteiger charge is 2.14. The number of unbranched alkanes of at least 4 members (excludes halogenated alkanes) is 1. The first-order valence-electron chi connectivity index (χ1n) is 9.93. The highest BCUT2D eigenvalue weighted by molar-refractivity contribution is 14.1. The predicted octanol–water partition coefficient (Wildman–Crippen LogP) is 7.46. The molecule has 2 N–H and O–H groups in total. The van der Waals surface area contributed by atoms with Crippen LogP contribution in [0.2, 0.25) is 0 Å². The molecular weight excluding hydrogens is 577 g/mol. The van der Waals surface area contributed by atoms with Crippen LogP contribution in [0.5, 0.6) is 0 Å². The summed E-state index contributed by atoms with van der Waals surface area (Å²) in [5.41, 5.74) is 2.74. The summed E-state index contributed by atoms with van der Waals surface area (Å²) in [6.07, 6.45) is 2.46. The minimum atomic E-state index is -0.280. The van der Waals surface area contributed by atoms with Crippen molar-refractivity contribution in [2.45, 2.75) is 25.2 Å². The van der Waals surface area contributed by atoms with Gasteiger partial charge in [0, 0.05) is 20.5 Å². The van der Waals surface area contributed by atoms with Gasteiger partial charge in [-0.05, 0) is 89.0 Å². The van der Waals surface area contributed by atoms with Crippen LogP contribution in [0.25, 0.3) is 0 Å². The van der Waals surface area contributed by atoms with Crippen molar-refractivity contribution < 1.29 is 13.6 Å². The maximum Gasteiger partial charge on any atom is 0.319 e. The molecule has 3 aromatic rings. The van der Waals surface area contributed by atoms with Gasteiger partial charge in [-0.15, -0.1) is 0 Å². The lowest BCUT2D eigenvalue weighted by atomic mass is 9.87. The third-order valence-electron chi connectivity index (χ3n) is 4.93. The molecule has 3 rings (SSSR count). The lowest BCUT2D eigenvalue weighted by Crippen LogP contribution is -2.29. The van der Waals surface area contributed by atoms with Crippen molar-refractivity contribution in [1.29, 1.82) is 0 Å². The van der Waals surface area contributed by atoms with Crippen molar-refractivity contribution in [3.05, 3.63) is 97.5 Å². The average Bonchev–Trinajstić information content (AvgIpc) is 2.74. The molecule has 0 aliphatic heterocycles. The number of urea groups is 1. The highest BCUT2D eigenvalue weighted by Crippen LogP contribution is 2.30. The molecule has 0 spiro atoms. The first-order chi connectivity index (χ1) is 14.9. The van der Waals surface area contributed by atoms with Crippen LogP contribution in [0.4, 0.5) is 19.3 Å². The van der Waals surface area contributed by atoms with Gasteiger partial charge in [0.05, 0.1) is 5.69 Å². The maximum absolute atomic E-state index is 13.3. The lowest BCUT2D eigenvalue weighted by molar-refractivity contribution is 0.252. The second-order valence-electron chi connectivity index (χ2n) is 7.16. The molecule has 0 unspecified atom stereocenters. The van der Waals surface area contributed by atoms with E-state index in [0.29, 0.717) is 6.54 Å². The first kappa shape index (κ1) is 23.7. The van der Waals surface area contributed by atoms with Crippen LogP contribution in [0.15, 0.2) is 71.2 Å². The fraction of sp³-hybridized carbons (Fsp3) is 0.208. The molecule has 3 nitrogen and oxygen atoms in total. The number of benzene rings is 3. The van der Waals surface area contributed by atoms with E-state index in [1.807, 2.05) is 18.2 Å². The van der Waals surface area contributed by atoms with Crippen molar-refractivity contribution in [3.8, 4) is 0 Å². The number of carbonyl (C=O) groups is 1. The average molecular weight is 599 g/mol. The van der Waals surface area contributed by atoms with E-state index in [2.05, 4.69) is 49.2 Å². The molecule has 0 fully saturated rings. The Kier molecular flexibility index (Phi) is 8.83. The van der Waals surface area contributed by atoms with Crippen LogP contribution in [-0.2, 0) is 0 Å². The molecule has 3 aromatic carbocycles. The van der Waals surface area contributed by atoms with E-state index in [9.17, 15) is 13.6 Å².